The highest BCUT2D eigenvalue weighted by Gasteiger charge is 2.09. The number of benzene rings is 2. The summed E-state index contributed by atoms with van der Waals surface area (Å²) in [6, 6.07) is 15.6. The first-order valence-corrected chi connectivity index (χ1v) is 11.1. The van der Waals surface area contributed by atoms with Crippen molar-refractivity contribution in [2.45, 2.75) is 22.9 Å². The third-order valence-corrected chi connectivity index (χ3v) is 6.45. The Kier molecular flexibility index (Phi) is 7.77. The van der Waals surface area contributed by atoms with Gasteiger partial charge in [-0.15, -0.1) is 11.3 Å². The summed E-state index contributed by atoms with van der Waals surface area (Å²) in [7, 11) is 1.65. The summed E-state index contributed by atoms with van der Waals surface area (Å²) in [5.74, 6) is 1.66. The number of carbonyl (C=O) groups is 1. The van der Waals surface area contributed by atoms with Crippen LogP contribution in [0.5, 0.6) is 5.75 Å². The van der Waals surface area contributed by atoms with Crippen LogP contribution in [-0.4, -0.2) is 24.5 Å². The number of aromatic nitrogens is 1. The number of ether oxygens (including phenoxy) is 1. The van der Waals surface area contributed by atoms with Crippen molar-refractivity contribution in [3.05, 3.63) is 75.8 Å². The lowest BCUT2D eigenvalue weighted by Gasteiger charge is -2.08. The number of thioether (sulfide) groups is 1. The largest absolute Gasteiger partial charge is 0.496 e. The first kappa shape index (κ1) is 20.7. The summed E-state index contributed by atoms with van der Waals surface area (Å²) < 4.78 is 6.30. The van der Waals surface area contributed by atoms with Crippen LogP contribution < -0.4 is 10.1 Å². The SMILES string of the molecule is COc1ccccc1CCNC(=O)Cc1csc(SCc2ccc(Cl)cc2)n1. The molecule has 0 aliphatic heterocycles. The molecule has 1 amide bonds. The monoisotopic (exact) mass is 432 g/mol. The van der Waals surface area contributed by atoms with E-state index in [-0.39, 0.29) is 5.91 Å². The van der Waals surface area contributed by atoms with E-state index in [1.165, 1.54) is 5.56 Å². The number of hydrogen-bond donors (Lipinski definition) is 1. The molecule has 4 nitrogen and oxygen atoms in total. The van der Waals surface area contributed by atoms with Gasteiger partial charge in [-0.1, -0.05) is 53.7 Å². The molecule has 28 heavy (non-hydrogen) atoms. The Bertz CT molecular complexity index is 913. The van der Waals surface area contributed by atoms with E-state index in [1.807, 2.05) is 53.9 Å². The zero-order valence-electron chi connectivity index (χ0n) is 15.5. The topological polar surface area (TPSA) is 51.2 Å². The number of methoxy groups -OCH3 is 1. The van der Waals surface area contributed by atoms with Gasteiger partial charge in [0.05, 0.1) is 19.2 Å². The molecule has 0 bridgehead atoms. The van der Waals surface area contributed by atoms with E-state index >= 15 is 0 Å². The quantitative estimate of drug-likeness (QED) is 0.483. The molecule has 2 aromatic carbocycles. The predicted molar refractivity (Wildman–Crippen MR) is 117 cm³/mol. The molecule has 0 saturated heterocycles. The number of nitrogens with zero attached hydrogens (tertiary/aromatic N) is 1. The van der Waals surface area contributed by atoms with Crippen molar-refractivity contribution >= 4 is 40.6 Å². The maximum Gasteiger partial charge on any atom is 0.226 e. The molecule has 1 N–H and O–H groups in total. The third-order valence-electron chi connectivity index (χ3n) is 4.06. The fraction of sp³-hybridized carbons (Fsp3) is 0.238. The van der Waals surface area contributed by atoms with Crippen LogP contribution in [0.1, 0.15) is 16.8 Å². The van der Waals surface area contributed by atoms with Crippen molar-refractivity contribution in [3.8, 4) is 5.75 Å². The second-order valence-electron chi connectivity index (χ2n) is 6.11. The summed E-state index contributed by atoms with van der Waals surface area (Å²) in [4.78, 5) is 16.7. The van der Waals surface area contributed by atoms with Crippen molar-refractivity contribution in [1.29, 1.82) is 0 Å². The summed E-state index contributed by atoms with van der Waals surface area (Å²) in [6.07, 6.45) is 1.03. The van der Waals surface area contributed by atoms with Crippen molar-refractivity contribution in [3.63, 3.8) is 0 Å². The van der Waals surface area contributed by atoms with Crippen molar-refractivity contribution in [1.82, 2.24) is 10.3 Å². The molecule has 0 fully saturated rings. The van der Waals surface area contributed by atoms with Crippen molar-refractivity contribution in [2.75, 3.05) is 13.7 Å². The molecule has 0 radical (unpaired) electrons. The number of halogens is 1. The maximum absolute atomic E-state index is 12.2. The van der Waals surface area contributed by atoms with Crippen LogP contribution in [-0.2, 0) is 23.4 Å². The van der Waals surface area contributed by atoms with Crippen LogP contribution in [0, 0.1) is 0 Å². The average Bonchev–Trinajstić information content (AvgIpc) is 3.15. The summed E-state index contributed by atoms with van der Waals surface area (Å²) >= 11 is 9.14. The molecular weight excluding hydrogens is 412 g/mol. The van der Waals surface area contributed by atoms with Gasteiger partial charge in [-0.25, -0.2) is 4.98 Å². The van der Waals surface area contributed by atoms with Gasteiger partial charge < -0.3 is 10.1 Å². The summed E-state index contributed by atoms with van der Waals surface area (Å²) in [5.41, 5.74) is 3.08. The minimum absolute atomic E-state index is 0.0190. The number of hydrogen-bond acceptors (Lipinski definition) is 5. The van der Waals surface area contributed by atoms with E-state index in [1.54, 1.807) is 30.2 Å². The number of amides is 1. The Morgan fingerprint density at radius 3 is 2.79 bits per heavy atom. The molecule has 1 aromatic heterocycles. The Morgan fingerprint density at radius 2 is 2.00 bits per heavy atom. The molecule has 146 valence electrons. The van der Waals surface area contributed by atoms with Gasteiger partial charge in [0.1, 0.15) is 10.1 Å². The van der Waals surface area contributed by atoms with E-state index in [9.17, 15) is 4.79 Å². The number of nitrogens with one attached hydrogen (secondary N) is 1. The molecule has 3 aromatic rings. The minimum atomic E-state index is -0.0190. The lowest BCUT2D eigenvalue weighted by atomic mass is 10.1. The van der Waals surface area contributed by atoms with Crippen molar-refractivity contribution in [2.24, 2.45) is 0 Å². The van der Waals surface area contributed by atoms with Crippen LogP contribution in [0.2, 0.25) is 5.02 Å². The zero-order valence-corrected chi connectivity index (χ0v) is 17.9. The predicted octanol–water partition coefficient (Wildman–Crippen LogP) is 5.00. The molecule has 1 heterocycles. The minimum Gasteiger partial charge on any atom is -0.496 e. The Hall–Kier alpha value is -2.02. The molecule has 0 aliphatic rings. The first-order valence-electron chi connectivity index (χ1n) is 8.84. The van der Waals surface area contributed by atoms with Crippen LogP contribution >= 0.6 is 34.7 Å². The summed E-state index contributed by atoms with van der Waals surface area (Å²) in [5, 5.41) is 5.64. The smallest absolute Gasteiger partial charge is 0.226 e. The van der Waals surface area contributed by atoms with Crippen LogP contribution in [0.4, 0.5) is 0 Å². The third kappa shape index (κ3) is 6.26. The fourth-order valence-corrected chi connectivity index (χ4v) is 4.56. The van der Waals surface area contributed by atoms with E-state index in [0.717, 1.165) is 38.5 Å². The Labute approximate surface area is 178 Å². The van der Waals surface area contributed by atoms with Gasteiger partial charge in [-0.3, -0.25) is 4.79 Å². The first-order chi connectivity index (χ1) is 13.6. The second-order valence-corrected chi connectivity index (χ2v) is 8.63. The molecule has 3 rings (SSSR count). The molecule has 0 atom stereocenters. The highest BCUT2D eigenvalue weighted by Crippen LogP contribution is 2.27. The molecular formula is C21H21ClN2O2S2. The zero-order chi connectivity index (χ0) is 19.8. The lowest BCUT2D eigenvalue weighted by molar-refractivity contribution is -0.120. The molecule has 7 heteroatoms. The van der Waals surface area contributed by atoms with E-state index in [4.69, 9.17) is 16.3 Å². The lowest BCUT2D eigenvalue weighted by Crippen LogP contribution is -2.27. The van der Waals surface area contributed by atoms with Gasteiger partial charge in [-0.05, 0) is 35.7 Å². The van der Waals surface area contributed by atoms with Gasteiger partial charge in [-0.2, -0.15) is 0 Å². The number of thiazole rings is 1. The summed E-state index contributed by atoms with van der Waals surface area (Å²) in [6.45, 7) is 0.571. The van der Waals surface area contributed by atoms with Crippen molar-refractivity contribution < 1.29 is 9.53 Å². The molecule has 0 unspecified atom stereocenters. The highest BCUT2D eigenvalue weighted by molar-refractivity contribution is 8.00. The number of para-hydroxylation sites is 1. The highest BCUT2D eigenvalue weighted by atomic mass is 35.5. The normalized spacial score (nSPS) is 10.6. The number of rotatable bonds is 9. The average molecular weight is 433 g/mol. The van der Waals surface area contributed by atoms with Gasteiger partial charge in [0.15, 0.2) is 0 Å². The van der Waals surface area contributed by atoms with Crippen LogP contribution in [0.15, 0.2) is 58.3 Å². The Balaban J connectivity index is 1.42. The number of carbonyl (C=O) groups excluding carboxylic acids is 1. The van der Waals surface area contributed by atoms with Gasteiger partial charge in [0.2, 0.25) is 5.91 Å². The Morgan fingerprint density at radius 1 is 1.21 bits per heavy atom. The molecule has 0 saturated carbocycles. The standard InChI is InChI=1S/C21H21ClN2O2S2/c1-26-19-5-3-2-4-16(19)10-11-23-20(25)12-18-14-28-21(24-18)27-13-15-6-8-17(22)9-7-15/h2-9,14H,10-13H2,1H3,(H,23,25). The van der Waals surface area contributed by atoms with Gasteiger partial charge in [0, 0.05) is 22.7 Å². The molecule has 0 aliphatic carbocycles. The van der Waals surface area contributed by atoms with E-state index in [0.29, 0.717) is 13.0 Å². The van der Waals surface area contributed by atoms with Crippen LogP contribution in [0.25, 0.3) is 0 Å². The molecule has 0 spiro atoms. The maximum atomic E-state index is 12.2. The van der Waals surface area contributed by atoms with Gasteiger partial charge in [0.25, 0.3) is 0 Å². The van der Waals surface area contributed by atoms with Crippen LogP contribution in [0.3, 0.4) is 0 Å². The van der Waals surface area contributed by atoms with E-state index < -0.39 is 0 Å². The van der Waals surface area contributed by atoms with Gasteiger partial charge >= 0.3 is 0 Å². The van der Waals surface area contributed by atoms with E-state index in [2.05, 4.69) is 10.3 Å². The second kappa shape index (κ2) is 10.5. The fourth-order valence-electron chi connectivity index (χ4n) is 2.63.